The van der Waals surface area contributed by atoms with Crippen molar-refractivity contribution in [2.75, 3.05) is 5.32 Å². The molecule has 0 aliphatic carbocycles. The molecule has 0 aliphatic heterocycles. The maximum atomic E-state index is 10.6. The molecule has 0 spiro atoms. The van der Waals surface area contributed by atoms with Crippen molar-refractivity contribution in [3.8, 4) is 0 Å². The zero-order chi connectivity index (χ0) is 13.2. The van der Waals surface area contributed by atoms with Crippen LogP contribution in [0.25, 0.3) is 0 Å². The van der Waals surface area contributed by atoms with E-state index < -0.39 is 33.0 Å². The van der Waals surface area contributed by atoms with Crippen LogP contribution in [0.5, 0.6) is 0 Å². The monoisotopic (exact) mass is 261 g/mol. The van der Waals surface area contributed by atoms with Crippen LogP contribution in [0.3, 0.4) is 0 Å². The van der Waals surface area contributed by atoms with Crippen LogP contribution in [0, 0.1) is 20.2 Å². The molecule has 1 amide bonds. The van der Waals surface area contributed by atoms with Gasteiger partial charge in [-0.2, -0.15) is 0 Å². The summed E-state index contributed by atoms with van der Waals surface area (Å²) in [7, 11) is 0. The molecule has 0 saturated carbocycles. The van der Waals surface area contributed by atoms with Gasteiger partial charge in [0.1, 0.15) is 0 Å². The van der Waals surface area contributed by atoms with Crippen LogP contribution >= 0.6 is 11.6 Å². The summed E-state index contributed by atoms with van der Waals surface area (Å²) in [6.45, 7) is 0. The van der Waals surface area contributed by atoms with Gasteiger partial charge in [0.25, 0.3) is 0 Å². The zero-order valence-electron chi connectivity index (χ0n) is 7.92. The molecule has 0 aliphatic rings. The minimum Gasteiger partial charge on any atom is -0.465 e. The Morgan fingerprint density at radius 1 is 1.24 bits per heavy atom. The first-order valence-electron chi connectivity index (χ1n) is 3.95. The summed E-state index contributed by atoms with van der Waals surface area (Å²) in [5.41, 5.74) is -2.30. The van der Waals surface area contributed by atoms with Crippen molar-refractivity contribution >= 4 is 34.8 Å². The van der Waals surface area contributed by atoms with Gasteiger partial charge in [-0.25, -0.2) is 4.79 Å². The normalized spacial score (nSPS) is 9.71. The van der Waals surface area contributed by atoms with E-state index in [-0.39, 0.29) is 5.02 Å². The topological polar surface area (TPSA) is 136 Å². The molecule has 0 fully saturated rings. The number of benzene rings is 1. The molecule has 0 bridgehead atoms. The van der Waals surface area contributed by atoms with Crippen LogP contribution in [0.4, 0.5) is 21.9 Å². The Bertz CT molecular complexity index is 481. The molecular weight excluding hydrogens is 258 g/mol. The number of nitro benzene ring substituents is 2. The fourth-order valence-electron chi connectivity index (χ4n) is 1.10. The SMILES string of the molecule is O=C(O)Nc1c([N+](=O)[O-])cc(Cl)cc1[N+](=O)[O-]. The lowest BCUT2D eigenvalue weighted by atomic mass is 10.2. The van der Waals surface area contributed by atoms with Crippen LogP contribution in [-0.4, -0.2) is 21.0 Å². The molecule has 90 valence electrons. The smallest absolute Gasteiger partial charge is 0.409 e. The van der Waals surface area contributed by atoms with Gasteiger partial charge in [0.2, 0.25) is 5.69 Å². The highest BCUT2D eigenvalue weighted by Gasteiger charge is 2.27. The molecule has 0 radical (unpaired) electrons. The highest BCUT2D eigenvalue weighted by atomic mass is 35.5. The number of hydrogen-bond donors (Lipinski definition) is 2. The highest BCUT2D eigenvalue weighted by molar-refractivity contribution is 6.31. The highest BCUT2D eigenvalue weighted by Crippen LogP contribution is 2.37. The van der Waals surface area contributed by atoms with E-state index in [2.05, 4.69) is 0 Å². The fraction of sp³-hybridized carbons (Fsp3) is 0. The maximum Gasteiger partial charge on any atom is 0.409 e. The molecule has 0 unspecified atom stereocenters. The molecular formula is C7H4ClN3O6. The van der Waals surface area contributed by atoms with E-state index in [4.69, 9.17) is 16.7 Å². The summed E-state index contributed by atoms with van der Waals surface area (Å²) in [5.74, 6) is 0. The average molecular weight is 262 g/mol. The van der Waals surface area contributed by atoms with Crippen molar-refractivity contribution in [1.29, 1.82) is 0 Å². The van der Waals surface area contributed by atoms with Crippen LogP contribution in [0.2, 0.25) is 5.02 Å². The Labute approximate surface area is 97.9 Å². The fourth-order valence-corrected chi connectivity index (χ4v) is 1.31. The summed E-state index contributed by atoms with van der Waals surface area (Å²) < 4.78 is 0. The van der Waals surface area contributed by atoms with Gasteiger partial charge in [-0.05, 0) is 0 Å². The number of carbonyl (C=O) groups is 1. The molecule has 17 heavy (non-hydrogen) atoms. The molecule has 0 atom stereocenters. The van der Waals surface area contributed by atoms with Gasteiger partial charge in [-0.15, -0.1) is 0 Å². The van der Waals surface area contributed by atoms with E-state index >= 15 is 0 Å². The van der Waals surface area contributed by atoms with Gasteiger partial charge in [0, 0.05) is 12.1 Å². The molecule has 2 N–H and O–H groups in total. The minimum atomic E-state index is -1.65. The predicted octanol–water partition coefficient (Wildman–Crippen LogP) is 2.25. The number of anilines is 1. The quantitative estimate of drug-likeness (QED) is 0.632. The van der Waals surface area contributed by atoms with E-state index in [1.807, 2.05) is 0 Å². The van der Waals surface area contributed by atoms with Crippen molar-refractivity contribution in [2.24, 2.45) is 0 Å². The van der Waals surface area contributed by atoms with Crippen LogP contribution in [0.1, 0.15) is 0 Å². The van der Waals surface area contributed by atoms with Crippen molar-refractivity contribution < 1.29 is 19.7 Å². The van der Waals surface area contributed by atoms with E-state index in [0.717, 1.165) is 12.1 Å². The molecule has 1 aromatic carbocycles. The van der Waals surface area contributed by atoms with Crippen molar-refractivity contribution in [2.45, 2.75) is 0 Å². The Morgan fingerprint density at radius 3 is 1.94 bits per heavy atom. The lowest BCUT2D eigenvalue weighted by Gasteiger charge is -2.04. The number of carboxylic acid groups (broad SMARTS) is 1. The maximum absolute atomic E-state index is 10.6. The van der Waals surface area contributed by atoms with Crippen LogP contribution < -0.4 is 5.32 Å². The van der Waals surface area contributed by atoms with Crippen LogP contribution in [-0.2, 0) is 0 Å². The summed E-state index contributed by atoms with van der Waals surface area (Å²) in [6, 6.07) is 1.64. The van der Waals surface area contributed by atoms with Gasteiger partial charge in [-0.3, -0.25) is 25.5 Å². The molecule has 9 nitrogen and oxygen atoms in total. The van der Waals surface area contributed by atoms with E-state index in [9.17, 15) is 25.0 Å². The Morgan fingerprint density at radius 2 is 1.65 bits per heavy atom. The minimum absolute atomic E-state index is 0.237. The van der Waals surface area contributed by atoms with Crippen molar-refractivity contribution in [3.05, 3.63) is 37.4 Å². The third-order valence-corrected chi connectivity index (χ3v) is 1.91. The average Bonchev–Trinajstić information content (AvgIpc) is 2.18. The van der Waals surface area contributed by atoms with Gasteiger partial charge in [-0.1, -0.05) is 11.6 Å². The second-order valence-corrected chi connectivity index (χ2v) is 3.20. The number of nitro groups is 2. The predicted molar refractivity (Wildman–Crippen MR) is 56.4 cm³/mol. The lowest BCUT2D eigenvalue weighted by molar-refractivity contribution is -0.392. The molecule has 0 heterocycles. The second kappa shape index (κ2) is 4.61. The number of halogens is 1. The van der Waals surface area contributed by atoms with Gasteiger partial charge in [0.05, 0.1) is 14.9 Å². The third-order valence-electron chi connectivity index (χ3n) is 1.69. The lowest BCUT2D eigenvalue weighted by Crippen LogP contribution is -2.11. The number of nitrogens with zero attached hydrogens (tertiary/aromatic N) is 2. The first kappa shape index (κ1) is 12.6. The standard InChI is InChI=1S/C7H4ClN3O6/c8-3-1-4(10(14)15)6(9-7(12)13)5(2-3)11(16)17/h1-2,9H,(H,12,13). The van der Waals surface area contributed by atoms with E-state index in [1.165, 1.54) is 0 Å². The third kappa shape index (κ3) is 2.78. The summed E-state index contributed by atoms with van der Waals surface area (Å²) in [4.78, 5) is 29.7. The van der Waals surface area contributed by atoms with Crippen molar-refractivity contribution in [3.63, 3.8) is 0 Å². The number of hydrogen-bond acceptors (Lipinski definition) is 5. The molecule has 0 aromatic heterocycles. The first-order valence-corrected chi connectivity index (χ1v) is 4.33. The molecule has 1 rings (SSSR count). The number of amides is 1. The van der Waals surface area contributed by atoms with Gasteiger partial charge in [0.15, 0.2) is 0 Å². The number of nitrogens with one attached hydrogen (secondary N) is 1. The Balaban J connectivity index is 3.52. The van der Waals surface area contributed by atoms with Gasteiger partial charge >= 0.3 is 17.5 Å². The largest absolute Gasteiger partial charge is 0.465 e. The van der Waals surface area contributed by atoms with Crippen molar-refractivity contribution in [1.82, 2.24) is 0 Å². The van der Waals surface area contributed by atoms with E-state index in [1.54, 1.807) is 5.32 Å². The Kier molecular flexibility index (Phi) is 3.43. The zero-order valence-corrected chi connectivity index (χ0v) is 8.67. The number of rotatable bonds is 3. The summed E-state index contributed by atoms with van der Waals surface area (Å²) in [6.07, 6.45) is -1.65. The Hall–Kier alpha value is -2.42. The van der Waals surface area contributed by atoms with Crippen LogP contribution in [0.15, 0.2) is 12.1 Å². The first-order chi connectivity index (χ1) is 7.82. The second-order valence-electron chi connectivity index (χ2n) is 2.76. The molecule has 1 aromatic rings. The molecule has 10 heteroatoms. The summed E-state index contributed by atoms with van der Waals surface area (Å²) in [5, 5.41) is 31.1. The van der Waals surface area contributed by atoms with E-state index in [0.29, 0.717) is 0 Å². The molecule has 0 saturated heterocycles. The summed E-state index contributed by atoms with van der Waals surface area (Å²) >= 11 is 5.46. The van der Waals surface area contributed by atoms with Gasteiger partial charge < -0.3 is 5.11 Å².